The first-order valence-electron chi connectivity index (χ1n) is 7.56. The van der Waals surface area contributed by atoms with E-state index >= 15 is 0 Å². The molecule has 2 heterocycles. The van der Waals surface area contributed by atoms with Crippen LogP contribution in [0.2, 0.25) is 0 Å². The molecule has 0 spiro atoms. The van der Waals surface area contributed by atoms with E-state index in [0.29, 0.717) is 0 Å². The fourth-order valence-electron chi connectivity index (χ4n) is 3.16. The third-order valence-electron chi connectivity index (χ3n) is 4.31. The average molecular weight is 288 g/mol. The highest BCUT2D eigenvalue weighted by atomic mass is 15.2. The van der Waals surface area contributed by atoms with E-state index in [4.69, 9.17) is 4.98 Å². The van der Waals surface area contributed by atoms with Crippen LogP contribution in [0.25, 0.3) is 22.2 Å². The van der Waals surface area contributed by atoms with Crippen molar-refractivity contribution in [2.24, 2.45) is 0 Å². The van der Waals surface area contributed by atoms with Gasteiger partial charge in [0.2, 0.25) is 0 Å². The molecule has 1 aliphatic rings. The van der Waals surface area contributed by atoms with Crippen LogP contribution in [0.4, 0.5) is 0 Å². The van der Waals surface area contributed by atoms with Crippen LogP contribution in [-0.2, 0) is 0 Å². The average Bonchev–Trinajstić information content (AvgIpc) is 3.20. The lowest BCUT2D eigenvalue weighted by atomic mass is 10.1. The van der Waals surface area contributed by atoms with E-state index in [0.717, 1.165) is 41.8 Å². The number of rotatable bonds is 2. The summed E-state index contributed by atoms with van der Waals surface area (Å²) in [5.41, 5.74) is 4.34. The third-order valence-corrected chi connectivity index (χ3v) is 4.31. The van der Waals surface area contributed by atoms with Gasteiger partial charge >= 0.3 is 0 Å². The van der Waals surface area contributed by atoms with Gasteiger partial charge in [-0.1, -0.05) is 36.4 Å². The maximum atomic E-state index is 9.20. The lowest BCUT2D eigenvalue weighted by Gasteiger charge is -2.15. The largest absolute Gasteiger partial charge is 0.340 e. The molecule has 0 amide bonds. The molecular formula is C18H16N4. The molecule has 2 aromatic carbocycles. The number of aromatic amines is 1. The van der Waals surface area contributed by atoms with Gasteiger partial charge in [0, 0.05) is 6.54 Å². The van der Waals surface area contributed by atoms with Crippen molar-refractivity contribution in [2.75, 3.05) is 6.54 Å². The van der Waals surface area contributed by atoms with Crippen LogP contribution in [0.15, 0.2) is 48.5 Å². The van der Waals surface area contributed by atoms with Crippen molar-refractivity contribution in [3.8, 4) is 17.3 Å². The molecule has 22 heavy (non-hydrogen) atoms. The number of fused-ring (bicyclic) bond motifs is 1. The number of hydrogen-bond acceptors (Lipinski definition) is 3. The van der Waals surface area contributed by atoms with Crippen LogP contribution in [0.1, 0.15) is 24.7 Å². The molecule has 4 nitrogen and oxygen atoms in total. The highest BCUT2D eigenvalue weighted by Gasteiger charge is 2.27. The van der Waals surface area contributed by atoms with Gasteiger partial charge in [0.05, 0.1) is 17.1 Å². The molecule has 1 fully saturated rings. The third kappa shape index (κ3) is 2.11. The van der Waals surface area contributed by atoms with Crippen LogP contribution in [-0.4, -0.2) is 21.4 Å². The Morgan fingerprint density at radius 3 is 2.82 bits per heavy atom. The summed E-state index contributed by atoms with van der Waals surface area (Å²) in [4.78, 5) is 9.92. The van der Waals surface area contributed by atoms with E-state index in [1.807, 2.05) is 23.1 Å². The highest BCUT2D eigenvalue weighted by molar-refractivity contribution is 5.82. The molecule has 0 saturated carbocycles. The molecule has 4 rings (SSSR count). The summed E-state index contributed by atoms with van der Waals surface area (Å²) >= 11 is 0. The summed E-state index contributed by atoms with van der Waals surface area (Å²) in [6, 6.07) is 16.7. The lowest BCUT2D eigenvalue weighted by Crippen LogP contribution is -2.17. The minimum absolute atomic E-state index is 0.0950. The second-order valence-corrected chi connectivity index (χ2v) is 5.67. The van der Waals surface area contributed by atoms with Crippen molar-refractivity contribution in [3.05, 3.63) is 54.4 Å². The molecule has 1 unspecified atom stereocenters. The van der Waals surface area contributed by atoms with Crippen molar-refractivity contribution in [1.82, 2.24) is 14.9 Å². The number of nitriles is 1. The number of nitrogens with one attached hydrogen (secondary N) is 1. The molecule has 1 aromatic heterocycles. The minimum atomic E-state index is 0.0950. The number of benzene rings is 2. The fraction of sp³-hybridized carbons (Fsp3) is 0.222. The second kappa shape index (κ2) is 5.19. The summed E-state index contributed by atoms with van der Waals surface area (Å²) in [7, 11) is 0. The maximum Gasteiger partial charge on any atom is 0.180 e. The fourth-order valence-corrected chi connectivity index (χ4v) is 3.16. The summed E-state index contributed by atoms with van der Waals surface area (Å²) < 4.78 is 0. The van der Waals surface area contributed by atoms with Gasteiger partial charge in [-0.25, -0.2) is 4.98 Å². The zero-order valence-corrected chi connectivity index (χ0v) is 12.2. The molecule has 0 bridgehead atoms. The Labute approximate surface area is 129 Å². The molecular weight excluding hydrogens is 272 g/mol. The first-order valence-corrected chi connectivity index (χ1v) is 7.56. The standard InChI is InChI=1S/C18H16N4/c19-12-22-10-4-7-17(22)18-20-15-9-8-14(11-16(15)21-18)13-5-2-1-3-6-13/h1-3,5-6,8-9,11,17H,4,7,10H2,(H,20,21). The van der Waals surface area contributed by atoms with E-state index in [2.05, 4.69) is 41.5 Å². The topological polar surface area (TPSA) is 55.7 Å². The smallest absolute Gasteiger partial charge is 0.180 e. The van der Waals surface area contributed by atoms with Crippen molar-refractivity contribution in [3.63, 3.8) is 0 Å². The molecule has 0 radical (unpaired) electrons. The predicted octanol–water partition coefficient (Wildman–Crippen LogP) is 3.85. The van der Waals surface area contributed by atoms with Gasteiger partial charge in [-0.2, -0.15) is 5.26 Å². The molecule has 1 atom stereocenters. The van der Waals surface area contributed by atoms with Gasteiger partial charge in [-0.15, -0.1) is 0 Å². The summed E-state index contributed by atoms with van der Waals surface area (Å²) in [6.07, 6.45) is 4.30. The van der Waals surface area contributed by atoms with E-state index in [-0.39, 0.29) is 6.04 Å². The normalized spacial score (nSPS) is 17.8. The van der Waals surface area contributed by atoms with Crippen LogP contribution in [0.5, 0.6) is 0 Å². The van der Waals surface area contributed by atoms with Crippen LogP contribution in [0, 0.1) is 11.5 Å². The summed E-state index contributed by atoms with van der Waals surface area (Å²) in [6.45, 7) is 0.827. The van der Waals surface area contributed by atoms with Crippen LogP contribution >= 0.6 is 0 Å². The van der Waals surface area contributed by atoms with Gasteiger partial charge in [-0.05, 0) is 36.1 Å². The molecule has 1 N–H and O–H groups in total. The Kier molecular flexibility index (Phi) is 3.05. The zero-order chi connectivity index (χ0) is 14.9. The molecule has 108 valence electrons. The number of aromatic nitrogens is 2. The van der Waals surface area contributed by atoms with E-state index in [1.54, 1.807) is 0 Å². The Morgan fingerprint density at radius 1 is 1.14 bits per heavy atom. The summed E-state index contributed by atoms with van der Waals surface area (Å²) in [5, 5.41) is 9.20. The molecule has 3 aromatic rings. The molecule has 1 aliphatic heterocycles. The molecule has 0 aliphatic carbocycles. The maximum absolute atomic E-state index is 9.20. The van der Waals surface area contributed by atoms with Crippen molar-refractivity contribution in [1.29, 1.82) is 5.26 Å². The SMILES string of the molecule is N#CN1CCCC1c1nc2cc(-c3ccccc3)ccc2[nH]1. The summed E-state index contributed by atoms with van der Waals surface area (Å²) in [5.74, 6) is 0.902. The van der Waals surface area contributed by atoms with E-state index < -0.39 is 0 Å². The number of H-pyrrole nitrogens is 1. The predicted molar refractivity (Wildman–Crippen MR) is 85.8 cm³/mol. The van der Waals surface area contributed by atoms with E-state index in [1.165, 1.54) is 5.56 Å². The molecule has 4 heteroatoms. The van der Waals surface area contributed by atoms with Gasteiger partial charge in [0.15, 0.2) is 6.19 Å². The van der Waals surface area contributed by atoms with Gasteiger partial charge in [0.1, 0.15) is 5.82 Å². The lowest BCUT2D eigenvalue weighted by molar-refractivity contribution is 0.362. The Balaban J connectivity index is 1.74. The highest BCUT2D eigenvalue weighted by Crippen LogP contribution is 2.31. The first kappa shape index (κ1) is 12.9. The van der Waals surface area contributed by atoms with Gasteiger partial charge < -0.3 is 9.88 Å². The zero-order valence-electron chi connectivity index (χ0n) is 12.2. The van der Waals surface area contributed by atoms with Crippen LogP contribution < -0.4 is 0 Å². The Morgan fingerprint density at radius 2 is 2.00 bits per heavy atom. The quantitative estimate of drug-likeness (QED) is 0.729. The van der Waals surface area contributed by atoms with Crippen molar-refractivity contribution < 1.29 is 0 Å². The minimum Gasteiger partial charge on any atom is -0.340 e. The Bertz CT molecular complexity index is 844. The van der Waals surface area contributed by atoms with Gasteiger partial charge in [0.25, 0.3) is 0 Å². The number of imidazole rings is 1. The number of hydrogen-bond donors (Lipinski definition) is 1. The Hall–Kier alpha value is -2.80. The number of likely N-dealkylation sites (tertiary alicyclic amines) is 1. The van der Waals surface area contributed by atoms with E-state index in [9.17, 15) is 5.26 Å². The van der Waals surface area contributed by atoms with Gasteiger partial charge in [-0.3, -0.25) is 0 Å². The van der Waals surface area contributed by atoms with Crippen LogP contribution in [0.3, 0.4) is 0 Å². The monoisotopic (exact) mass is 288 g/mol. The second-order valence-electron chi connectivity index (χ2n) is 5.67. The molecule has 1 saturated heterocycles. The number of nitrogens with zero attached hydrogens (tertiary/aromatic N) is 3. The first-order chi connectivity index (χ1) is 10.8. The van der Waals surface area contributed by atoms with Crippen molar-refractivity contribution >= 4 is 11.0 Å². The van der Waals surface area contributed by atoms with Crippen molar-refractivity contribution in [2.45, 2.75) is 18.9 Å².